The highest BCUT2D eigenvalue weighted by Gasteiger charge is 2.05. The fraction of sp³-hybridized carbons (Fsp3) is 0.231. The number of nitrogens with zero attached hydrogens (tertiary/aromatic N) is 1. The summed E-state index contributed by atoms with van der Waals surface area (Å²) in [6.45, 7) is 4.27. The maximum absolute atomic E-state index is 9.21. The second kappa shape index (κ2) is 3.91. The number of rotatable bonds is 2. The molecule has 0 fully saturated rings. The summed E-state index contributed by atoms with van der Waals surface area (Å²) in [4.78, 5) is 0. The molecule has 0 saturated carbocycles. The number of hydrogen-bond donors (Lipinski definition) is 1. The first-order valence-electron chi connectivity index (χ1n) is 5.07. The number of benzene rings is 1. The van der Waals surface area contributed by atoms with E-state index in [1.54, 1.807) is 0 Å². The van der Waals surface area contributed by atoms with Crippen molar-refractivity contribution in [1.29, 1.82) is 0 Å². The summed E-state index contributed by atoms with van der Waals surface area (Å²) in [5.74, 6) is 0. The van der Waals surface area contributed by atoms with Crippen LogP contribution in [0.5, 0.6) is 0 Å². The first-order chi connectivity index (χ1) is 7.24. The maximum Gasteiger partial charge on any atom is 0.0836 e. The van der Waals surface area contributed by atoms with Crippen molar-refractivity contribution >= 4 is 0 Å². The van der Waals surface area contributed by atoms with E-state index in [0.29, 0.717) is 0 Å². The summed E-state index contributed by atoms with van der Waals surface area (Å²) < 4.78 is 2.03. The Morgan fingerprint density at radius 3 is 2.67 bits per heavy atom. The summed E-state index contributed by atoms with van der Waals surface area (Å²) in [7, 11) is 0. The van der Waals surface area contributed by atoms with Crippen molar-refractivity contribution in [2.45, 2.75) is 20.5 Å². The average Bonchev–Trinajstić information content (AvgIpc) is 2.70. The van der Waals surface area contributed by atoms with Crippen LogP contribution in [0.2, 0.25) is 0 Å². The highest BCUT2D eigenvalue weighted by atomic mass is 16.3. The van der Waals surface area contributed by atoms with Gasteiger partial charge in [-0.05, 0) is 43.2 Å². The number of aryl methyl sites for hydroxylation is 1. The van der Waals surface area contributed by atoms with Crippen molar-refractivity contribution in [1.82, 2.24) is 4.57 Å². The molecule has 0 amide bonds. The van der Waals surface area contributed by atoms with Crippen LogP contribution in [-0.2, 0) is 6.61 Å². The lowest BCUT2D eigenvalue weighted by Crippen LogP contribution is -2.01. The molecule has 0 atom stereocenters. The molecule has 0 radical (unpaired) electrons. The molecule has 2 nitrogen and oxygen atoms in total. The smallest absolute Gasteiger partial charge is 0.0836 e. The van der Waals surface area contributed by atoms with Gasteiger partial charge in [0, 0.05) is 17.6 Å². The number of hydrogen-bond acceptors (Lipinski definition) is 1. The third-order valence-electron chi connectivity index (χ3n) is 2.83. The minimum absolute atomic E-state index is 0.0698. The lowest BCUT2D eigenvalue weighted by atomic mass is 10.1. The van der Waals surface area contributed by atoms with Gasteiger partial charge in [0.25, 0.3) is 0 Å². The van der Waals surface area contributed by atoms with Crippen LogP contribution in [0.3, 0.4) is 0 Å². The number of aliphatic hydroxyl groups excluding tert-OH is 1. The van der Waals surface area contributed by atoms with Crippen molar-refractivity contribution in [2.75, 3.05) is 0 Å². The summed E-state index contributed by atoms with van der Waals surface area (Å²) in [5.41, 5.74) is 4.58. The molecule has 0 unspecified atom stereocenters. The van der Waals surface area contributed by atoms with Gasteiger partial charge in [0.05, 0.1) is 6.61 Å². The minimum atomic E-state index is 0.0698. The van der Waals surface area contributed by atoms with Crippen molar-refractivity contribution in [3.8, 4) is 5.69 Å². The molecule has 0 aliphatic heterocycles. The van der Waals surface area contributed by atoms with Gasteiger partial charge in [0.1, 0.15) is 0 Å². The van der Waals surface area contributed by atoms with Gasteiger partial charge >= 0.3 is 0 Å². The van der Waals surface area contributed by atoms with E-state index in [2.05, 4.69) is 26.0 Å². The molecular formula is C13H15NO. The van der Waals surface area contributed by atoms with Crippen molar-refractivity contribution in [2.24, 2.45) is 0 Å². The normalized spacial score (nSPS) is 10.6. The molecule has 2 heteroatoms. The number of aliphatic hydroxyl groups is 1. The molecule has 0 aliphatic carbocycles. The summed E-state index contributed by atoms with van der Waals surface area (Å²) in [5, 5.41) is 9.21. The third kappa shape index (κ3) is 1.68. The Morgan fingerprint density at radius 2 is 1.93 bits per heavy atom. The standard InChI is InChI=1S/C13H15NO/c1-10-5-3-7-13(11(10)2)14-8-4-6-12(14)9-15/h3-8,15H,9H2,1-2H3. The van der Waals surface area contributed by atoms with Crippen LogP contribution < -0.4 is 0 Å². The Balaban J connectivity index is 2.59. The van der Waals surface area contributed by atoms with Crippen LogP contribution in [0.4, 0.5) is 0 Å². The van der Waals surface area contributed by atoms with Crippen LogP contribution in [0.1, 0.15) is 16.8 Å². The predicted octanol–water partition coefficient (Wildman–Crippen LogP) is 2.59. The molecule has 0 saturated heterocycles. The minimum Gasteiger partial charge on any atom is -0.390 e. The Morgan fingerprint density at radius 1 is 1.13 bits per heavy atom. The molecular weight excluding hydrogens is 186 g/mol. The van der Waals surface area contributed by atoms with Gasteiger partial charge in [0.2, 0.25) is 0 Å². The Hall–Kier alpha value is -1.54. The van der Waals surface area contributed by atoms with Crippen LogP contribution in [0, 0.1) is 13.8 Å². The summed E-state index contributed by atoms with van der Waals surface area (Å²) in [6.07, 6.45) is 1.98. The average molecular weight is 201 g/mol. The van der Waals surface area contributed by atoms with Crippen LogP contribution in [0.25, 0.3) is 5.69 Å². The molecule has 0 spiro atoms. The highest BCUT2D eigenvalue weighted by Crippen LogP contribution is 2.19. The van der Waals surface area contributed by atoms with E-state index in [1.165, 1.54) is 11.1 Å². The summed E-state index contributed by atoms with van der Waals surface area (Å²) >= 11 is 0. The van der Waals surface area contributed by atoms with E-state index in [1.807, 2.05) is 29.0 Å². The van der Waals surface area contributed by atoms with Crippen molar-refractivity contribution in [3.05, 3.63) is 53.3 Å². The van der Waals surface area contributed by atoms with Crippen LogP contribution in [-0.4, -0.2) is 9.67 Å². The van der Waals surface area contributed by atoms with Gasteiger partial charge in [-0.15, -0.1) is 0 Å². The van der Waals surface area contributed by atoms with E-state index in [4.69, 9.17) is 0 Å². The second-order valence-electron chi connectivity index (χ2n) is 3.75. The SMILES string of the molecule is Cc1cccc(-n2cccc2CO)c1C. The monoisotopic (exact) mass is 201 g/mol. The molecule has 0 aliphatic rings. The molecule has 2 aromatic rings. The van der Waals surface area contributed by atoms with Gasteiger partial charge in [0.15, 0.2) is 0 Å². The van der Waals surface area contributed by atoms with E-state index >= 15 is 0 Å². The van der Waals surface area contributed by atoms with Gasteiger partial charge in [-0.3, -0.25) is 0 Å². The lowest BCUT2D eigenvalue weighted by Gasteiger charge is -2.12. The zero-order valence-electron chi connectivity index (χ0n) is 9.07. The van der Waals surface area contributed by atoms with Gasteiger partial charge in [-0.1, -0.05) is 12.1 Å². The van der Waals surface area contributed by atoms with Crippen LogP contribution >= 0.6 is 0 Å². The molecule has 15 heavy (non-hydrogen) atoms. The largest absolute Gasteiger partial charge is 0.390 e. The third-order valence-corrected chi connectivity index (χ3v) is 2.83. The predicted molar refractivity (Wildman–Crippen MR) is 61.2 cm³/mol. The molecule has 78 valence electrons. The van der Waals surface area contributed by atoms with E-state index in [-0.39, 0.29) is 6.61 Å². The molecule has 1 heterocycles. The quantitative estimate of drug-likeness (QED) is 0.793. The Bertz CT molecular complexity index is 471. The molecule has 1 N–H and O–H groups in total. The van der Waals surface area contributed by atoms with Gasteiger partial charge in [-0.25, -0.2) is 0 Å². The molecule has 2 rings (SSSR count). The Kier molecular flexibility index (Phi) is 2.60. The summed E-state index contributed by atoms with van der Waals surface area (Å²) in [6, 6.07) is 10.1. The molecule has 0 bridgehead atoms. The van der Waals surface area contributed by atoms with E-state index < -0.39 is 0 Å². The van der Waals surface area contributed by atoms with Gasteiger partial charge < -0.3 is 9.67 Å². The topological polar surface area (TPSA) is 25.2 Å². The Labute approximate surface area is 89.8 Å². The lowest BCUT2D eigenvalue weighted by molar-refractivity contribution is 0.274. The fourth-order valence-corrected chi connectivity index (χ4v) is 1.78. The van der Waals surface area contributed by atoms with Crippen molar-refractivity contribution < 1.29 is 5.11 Å². The zero-order chi connectivity index (χ0) is 10.8. The molecule has 1 aromatic carbocycles. The maximum atomic E-state index is 9.21. The van der Waals surface area contributed by atoms with E-state index in [9.17, 15) is 5.11 Å². The van der Waals surface area contributed by atoms with Gasteiger partial charge in [-0.2, -0.15) is 0 Å². The van der Waals surface area contributed by atoms with Crippen LogP contribution in [0.15, 0.2) is 36.5 Å². The second-order valence-corrected chi connectivity index (χ2v) is 3.75. The highest BCUT2D eigenvalue weighted by molar-refractivity contribution is 5.46. The number of aromatic nitrogens is 1. The van der Waals surface area contributed by atoms with E-state index in [0.717, 1.165) is 11.4 Å². The first kappa shape index (κ1) is 9.99. The first-order valence-corrected chi connectivity index (χ1v) is 5.07. The van der Waals surface area contributed by atoms with Crippen molar-refractivity contribution in [3.63, 3.8) is 0 Å². The fourth-order valence-electron chi connectivity index (χ4n) is 1.78. The molecule has 1 aromatic heterocycles. The zero-order valence-corrected chi connectivity index (χ0v) is 9.07.